The van der Waals surface area contributed by atoms with Crippen LogP contribution in [0.15, 0.2) is 53.6 Å². The van der Waals surface area contributed by atoms with Crippen LogP contribution in [0.3, 0.4) is 0 Å². The smallest absolute Gasteiger partial charge is 0.355 e. The largest absolute Gasteiger partial charge is 0.464 e. The van der Waals surface area contributed by atoms with Crippen molar-refractivity contribution in [1.82, 2.24) is 0 Å². The topological polar surface area (TPSA) is 79.3 Å². The van der Waals surface area contributed by atoms with E-state index in [0.717, 1.165) is 4.90 Å². The second-order valence-electron chi connectivity index (χ2n) is 6.48. The van der Waals surface area contributed by atoms with E-state index in [1.54, 1.807) is 49.4 Å². The fourth-order valence-electron chi connectivity index (χ4n) is 3.56. The molecule has 0 bridgehead atoms. The number of halogens is 1. The number of ether oxygens (including phenoxy) is 1. The van der Waals surface area contributed by atoms with Crippen LogP contribution in [-0.4, -0.2) is 36.6 Å². The third kappa shape index (κ3) is 2.58. The minimum atomic E-state index is -1.04. The minimum Gasteiger partial charge on any atom is -0.464 e. The molecule has 2 atom stereocenters. The maximum Gasteiger partial charge on any atom is 0.355 e. The highest BCUT2D eigenvalue weighted by Gasteiger charge is 2.59. The van der Waals surface area contributed by atoms with Gasteiger partial charge in [-0.3, -0.25) is 14.6 Å². The molecule has 8 heteroatoms. The Bertz CT molecular complexity index is 1020. The van der Waals surface area contributed by atoms with Crippen LogP contribution in [0.25, 0.3) is 0 Å². The Balaban J connectivity index is 1.84. The minimum absolute atomic E-state index is 0.0862. The first kappa shape index (κ1) is 18.2. The molecule has 1 saturated heterocycles. The first-order valence-corrected chi connectivity index (χ1v) is 8.97. The number of hydrogen-bond donors (Lipinski definition) is 0. The standard InChI is InChI=1S/C20H16ClN3O4/c1-11-13(21)9-6-10-14(11)23-18(25)15-16(20(27)28-2)22-24(17(15)19(23)26)12-7-4-3-5-8-12/h3-10,15,17H,1-2H3/t15-,17-/m0/s1. The fourth-order valence-corrected chi connectivity index (χ4v) is 3.73. The summed E-state index contributed by atoms with van der Waals surface area (Å²) in [7, 11) is 1.21. The third-order valence-electron chi connectivity index (χ3n) is 4.94. The van der Waals surface area contributed by atoms with E-state index in [1.165, 1.54) is 12.1 Å². The molecule has 0 aliphatic carbocycles. The highest BCUT2D eigenvalue weighted by molar-refractivity contribution is 6.47. The van der Waals surface area contributed by atoms with Crippen LogP contribution in [0.1, 0.15) is 5.56 Å². The summed E-state index contributed by atoms with van der Waals surface area (Å²) in [6.07, 6.45) is 0. The number of para-hydroxylation sites is 1. The van der Waals surface area contributed by atoms with Crippen molar-refractivity contribution in [2.75, 3.05) is 17.0 Å². The summed E-state index contributed by atoms with van der Waals surface area (Å²) in [5.41, 5.74) is 1.52. The second kappa shape index (κ2) is 6.76. The molecule has 2 amide bonds. The lowest BCUT2D eigenvalue weighted by molar-refractivity contribution is -0.133. The number of methoxy groups -OCH3 is 1. The molecule has 2 aliphatic heterocycles. The predicted molar refractivity (Wildman–Crippen MR) is 104 cm³/mol. The molecule has 2 aromatic rings. The Labute approximate surface area is 166 Å². The van der Waals surface area contributed by atoms with Gasteiger partial charge in [0.25, 0.3) is 5.91 Å². The number of benzene rings is 2. The summed E-state index contributed by atoms with van der Waals surface area (Å²) in [4.78, 5) is 39.9. The zero-order valence-electron chi connectivity index (χ0n) is 15.1. The number of anilines is 2. The van der Waals surface area contributed by atoms with Crippen molar-refractivity contribution in [1.29, 1.82) is 0 Å². The van der Waals surface area contributed by atoms with E-state index in [9.17, 15) is 14.4 Å². The van der Waals surface area contributed by atoms with Gasteiger partial charge in [-0.1, -0.05) is 35.9 Å². The van der Waals surface area contributed by atoms with Gasteiger partial charge in [-0.2, -0.15) is 5.10 Å². The normalized spacial score (nSPS) is 21.0. The average Bonchev–Trinajstić information content (AvgIpc) is 3.22. The van der Waals surface area contributed by atoms with Crippen LogP contribution in [0.4, 0.5) is 11.4 Å². The van der Waals surface area contributed by atoms with E-state index in [-0.39, 0.29) is 5.71 Å². The SMILES string of the molecule is COC(=O)C1=NN(c2ccccc2)[C@@H]2C(=O)N(c3cccc(Cl)c3C)C(=O)[C@@H]12. The second-order valence-corrected chi connectivity index (χ2v) is 6.88. The maximum atomic E-state index is 13.3. The predicted octanol–water partition coefficient (Wildman–Crippen LogP) is 2.56. The van der Waals surface area contributed by atoms with Crippen molar-refractivity contribution in [2.24, 2.45) is 11.0 Å². The quantitative estimate of drug-likeness (QED) is 0.587. The van der Waals surface area contributed by atoms with E-state index in [4.69, 9.17) is 16.3 Å². The molecule has 0 unspecified atom stereocenters. The Morgan fingerprint density at radius 3 is 2.46 bits per heavy atom. The molecular weight excluding hydrogens is 382 g/mol. The zero-order valence-corrected chi connectivity index (χ0v) is 15.9. The number of amides is 2. The molecule has 4 rings (SSSR count). The summed E-state index contributed by atoms with van der Waals surface area (Å²) in [6.45, 7) is 1.73. The zero-order chi connectivity index (χ0) is 20.0. The van der Waals surface area contributed by atoms with Gasteiger partial charge in [0.15, 0.2) is 5.71 Å². The monoisotopic (exact) mass is 397 g/mol. The summed E-state index contributed by atoms with van der Waals surface area (Å²) >= 11 is 6.18. The van der Waals surface area contributed by atoms with Crippen molar-refractivity contribution in [2.45, 2.75) is 13.0 Å². The van der Waals surface area contributed by atoms with Gasteiger partial charge in [0.05, 0.1) is 18.5 Å². The number of fused-ring (bicyclic) bond motifs is 1. The molecule has 0 spiro atoms. The Kier molecular flexibility index (Phi) is 4.39. The number of hydrogen-bond acceptors (Lipinski definition) is 6. The van der Waals surface area contributed by atoms with Gasteiger partial charge in [0, 0.05) is 5.02 Å². The highest BCUT2D eigenvalue weighted by atomic mass is 35.5. The van der Waals surface area contributed by atoms with Crippen LogP contribution < -0.4 is 9.91 Å². The maximum absolute atomic E-state index is 13.3. The molecule has 1 fully saturated rings. The number of carbonyl (C=O) groups is 3. The Morgan fingerprint density at radius 1 is 1.07 bits per heavy atom. The van der Waals surface area contributed by atoms with Crippen LogP contribution in [0.5, 0.6) is 0 Å². The summed E-state index contributed by atoms with van der Waals surface area (Å²) in [5.74, 6) is -2.77. The number of esters is 1. The van der Waals surface area contributed by atoms with Crippen molar-refractivity contribution >= 4 is 46.5 Å². The van der Waals surface area contributed by atoms with Gasteiger partial charge in [-0.05, 0) is 36.8 Å². The van der Waals surface area contributed by atoms with E-state index >= 15 is 0 Å². The molecule has 28 heavy (non-hydrogen) atoms. The molecule has 2 heterocycles. The highest BCUT2D eigenvalue weighted by Crippen LogP contribution is 2.39. The van der Waals surface area contributed by atoms with Crippen molar-refractivity contribution in [3.05, 3.63) is 59.1 Å². The van der Waals surface area contributed by atoms with Crippen molar-refractivity contribution < 1.29 is 19.1 Å². The van der Waals surface area contributed by atoms with Crippen LogP contribution in [-0.2, 0) is 19.1 Å². The first-order valence-electron chi connectivity index (χ1n) is 8.59. The van der Waals surface area contributed by atoms with Crippen LogP contribution in [0, 0.1) is 12.8 Å². The molecule has 2 aromatic carbocycles. The molecule has 0 saturated carbocycles. The Morgan fingerprint density at radius 2 is 1.79 bits per heavy atom. The molecule has 142 valence electrons. The van der Waals surface area contributed by atoms with E-state index in [1.807, 2.05) is 6.07 Å². The van der Waals surface area contributed by atoms with Gasteiger partial charge in [0.1, 0.15) is 12.0 Å². The third-order valence-corrected chi connectivity index (χ3v) is 5.35. The summed E-state index contributed by atoms with van der Waals surface area (Å²) in [5, 5.41) is 6.12. The lowest BCUT2D eigenvalue weighted by Crippen LogP contribution is -2.39. The number of imide groups is 1. The first-order chi connectivity index (χ1) is 13.5. The van der Waals surface area contributed by atoms with E-state index < -0.39 is 29.7 Å². The van der Waals surface area contributed by atoms with Crippen molar-refractivity contribution in [3.8, 4) is 0 Å². The van der Waals surface area contributed by atoms with Gasteiger partial charge < -0.3 is 4.74 Å². The molecular formula is C20H16ClN3O4. The van der Waals surface area contributed by atoms with E-state index in [2.05, 4.69) is 5.10 Å². The molecule has 2 aliphatic rings. The summed E-state index contributed by atoms with van der Waals surface area (Å²) < 4.78 is 4.79. The van der Waals surface area contributed by atoms with Crippen LogP contribution in [0.2, 0.25) is 5.02 Å². The summed E-state index contributed by atoms with van der Waals surface area (Å²) in [6, 6.07) is 13.0. The average molecular weight is 398 g/mol. The van der Waals surface area contributed by atoms with E-state index in [0.29, 0.717) is 22.0 Å². The Hall–Kier alpha value is -3.19. The number of hydrazone groups is 1. The van der Waals surface area contributed by atoms with Crippen LogP contribution >= 0.6 is 11.6 Å². The molecule has 7 nitrogen and oxygen atoms in total. The number of nitrogens with zero attached hydrogens (tertiary/aromatic N) is 3. The molecule has 0 N–H and O–H groups in total. The molecule has 0 radical (unpaired) electrons. The van der Waals surface area contributed by atoms with Gasteiger partial charge in [0.2, 0.25) is 5.91 Å². The van der Waals surface area contributed by atoms with Crippen molar-refractivity contribution in [3.63, 3.8) is 0 Å². The number of carbonyl (C=O) groups excluding carboxylic acids is 3. The lowest BCUT2D eigenvalue weighted by atomic mass is 9.98. The molecule has 0 aromatic heterocycles. The lowest BCUT2D eigenvalue weighted by Gasteiger charge is -2.23. The number of rotatable bonds is 3. The van der Waals surface area contributed by atoms with Gasteiger partial charge in [-0.15, -0.1) is 0 Å². The van der Waals surface area contributed by atoms with Gasteiger partial charge in [-0.25, -0.2) is 9.69 Å². The van der Waals surface area contributed by atoms with Gasteiger partial charge >= 0.3 is 5.97 Å². The fraction of sp³-hybridized carbons (Fsp3) is 0.200.